The summed E-state index contributed by atoms with van der Waals surface area (Å²) in [7, 11) is 1.69. The van der Waals surface area contributed by atoms with E-state index in [4.69, 9.17) is 9.72 Å². The molecule has 2 heterocycles. The molecule has 0 bridgehead atoms. The molecule has 4 rings (SSSR count). The van der Waals surface area contributed by atoms with Crippen LogP contribution in [0.2, 0.25) is 0 Å². The number of methoxy groups -OCH3 is 1. The maximum Gasteiger partial charge on any atom is 0.126 e. The van der Waals surface area contributed by atoms with Crippen LogP contribution < -0.4 is 4.74 Å². The minimum Gasteiger partial charge on any atom is -0.497 e. The van der Waals surface area contributed by atoms with Gasteiger partial charge in [0.25, 0.3) is 0 Å². The van der Waals surface area contributed by atoms with E-state index in [-0.39, 0.29) is 0 Å². The second-order valence-corrected chi connectivity index (χ2v) is 7.58. The molecular weight excluding hydrogens is 328 g/mol. The molecule has 25 heavy (non-hydrogen) atoms. The van der Waals surface area contributed by atoms with Gasteiger partial charge < -0.3 is 4.74 Å². The first-order chi connectivity index (χ1) is 12.2. The largest absolute Gasteiger partial charge is 0.497 e. The molecular formula is C21H22N2OS. The standard InChI is InChI=1S/C21H22N2OS/c1-13-6-4-8-16-11-22-14(2)20(19(13)16)21-23-18(12-25-21)15-7-5-9-17(10-15)24-3/h5,7,9-13H,4,6,8H2,1-3H3/t13-/m1/s1. The zero-order valence-electron chi connectivity index (χ0n) is 14.9. The number of hydrogen-bond acceptors (Lipinski definition) is 4. The predicted octanol–water partition coefficient (Wildman–Crippen LogP) is 5.63. The molecule has 0 spiro atoms. The third-order valence-corrected chi connectivity index (χ3v) is 5.91. The second-order valence-electron chi connectivity index (χ2n) is 6.72. The number of aryl methyl sites for hydroxylation is 2. The lowest BCUT2D eigenvalue weighted by molar-refractivity contribution is 0.415. The Kier molecular flexibility index (Phi) is 4.30. The summed E-state index contributed by atoms with van der Waals surface area (Å²) >= 11 is 1.71. The van der Waals surface area contributed by atoms with Gasteiger partial charge in [-0.1, -0.05) is 19.1 Å². The van der Waals surface area contributed by atoms with Gasteiger partial charge in [0.1, 0.15) is 10.8 Å². The van der Waals surface area contributed by atoms with E-state index in [1.165, 1.54) is 29.5 Å². The number of ether oxygens (including phenoxy) is 1. The summed E-state index contributed by atoms with van der Waals surface area (Å²) in [5, 5.41) is 3.21. The summed E-state index contributed by atoms with van der Waals surface area (Å²) < 4.78 is 5.34. The van der Waals surface area contributed by atoms with E-state index in [1.54, 1.807) is 18.4 Å². The first kappa shape index (κ1) is 16.3. The number of pyridine rings is 1. The lowest BCUT2D eigenvalue weighted by Crippen LogP contribution is -2.11. The molecule has 2 aromatic heterocycles. The van der Waals surface area contributed by atoms with Crippen LogP contribution in [0.15, 0.2) is 35.8 Å². The molecule has 1 aliphatic carbocycles. The van der Waals surface area contributed by atoms with Crippen LogP contribution in [0.25, 0.3) is 21.8 Å². The second kappa shape index (κ2) is 6.60. The Morgan fingerprint density at radius 1 is 1.28 bits per heavy atom. The highest BCUT2D eigenvalue weighted by molar-refractivity contribution is 7.13. The molecule has 128 valence electrons. The molecule has 4 heteroatoms. The van der Waals surface area contributed by atoms with E-state index in [2.05, 4.69) is 36.5 Å². The van der Waals surface area contributed by atoms with Crippen molar-refractivity contribution in [2.75, 3.05) is 7.11 Å². The minimum atomic E-state index is 0.574. The van der Waals surface area contributed by atoms with Crippen molar-refractivity contribution in [2.24, 2.45) is 0 Å². The number of hydrogen-bond donors (Lipinski definition) is 0. The lowest BCUT2D eigenvalue weighted by Gasteiger charge is -2.25. The van der Waals surface area contributed by atoms with Crippen molar-refractivity contribution in [3.63, 3.8) is 0 Å². The van der Waals surface area contributed by atoms with Crippen molar-refractivity contribution in [3.8, 4) is 27.6 Å². The van der Waals surface area contributed by atoms with E-state index < -0.39 is 0 Å². The Morgan fingerprint density at radius 2 is 2.16 bits per heavy atom. The highest BCUT2D eigenvalue weighted by Gasteiger charge is 2.24. The summed E-state index contributed by atoms with van der Waals surface area (Å²) in [5.74, 6) is 1.43. The van der Waals surface area contributed by atoms with Crippen molar-refractivity contribution in [2.45, 2.75) is 39.0 Å². The summed E-state index contributed by atoms with van der Waals surface area (Å²) in [6.07, 6.45) is 5.71. The molecule has 0 fully saturated rings. The quantitative estimate of drug-likeness (QED) is 0.614. The first-order valence-corrected chi connectivity index (χ1v) is 9.64. The Hall–Kier alpha value is -2.20. The lowest BCUT2D eigenvalue weighted by atomic mass is 9.82. The normalized spacial score (nSPS) is 16.5. The maximum absolute atomic E-state index is 5.34. The number of benzene rings is 1. The zero-order valence-corrected chi connectivity index (χ0v) is 15.7. The Labute approximate surface area is 152 Å². The molecule has 0 N–H and O–H groups in total. The number of nitrogens with zero attached hydrogens (tertiary/aromatic N) is 2. The molecule has 0 unspecified atom stereocenters. The van der Waals surface area contributed by atoms with Crippen molar-refractivity contribution in [3.05, 3.63) is 52.7 Å². The highest BCUT2D eigenvalue weighted by atomic mass is 32.1. The van der Waals surface area contributed by atoms with Crippen molar-refractivity contribution < 1.29 is 4.74 Å². The van der Waals surface area contributed by atoms with Gasteiger partial charge in [-0.3, -0.25) is 4.98 Å². The SMILES string of the molecule is COc1cccc(-c2csc(-c3c(C)ncc4c3[C@H](C)CCC4)n2)c1. The fourth-order valence-electron chi connectivity index (χ4n) is 3.74. The average Bonchev–Trinajstić information content (AvgIpc) is 3.12. The van der Waals surface area contributed by atoms with E-state index >= 15 is 0 Å². The molecule has 0 amide bonds. The molecule has 1 aliphatic rings. The topological polar surface area (TPSA) is 35.0 Å². The third-order valence-electron chi connectivity index (χ3n) is 5.05. The minimum absolute atomic E-state index is 0.574. The summed E-state index contributed by atoms with van der Waals surface area (Å²) in [6.45, 7) is 4.43. The highest BCUT2D eigenvalue weighted by Crippen LogP contribution is 2.41. The van der Waals surface area contributed by atoms with Crippen LogP contribution in [-0.4, -0.2) is 17.1 Å². The average molecular weight is 350 g/mol. The summed E-state index contributed by atoms with van der Waals surface area (Å²) in [6, 6.07) is 8.08. The molecule has 0 radical (unpaired) electrons. The number of fused-ring (bicyclic) bond motifs is 1. The first-order valence-electron chi connectivity index (χ1n) is 8.76. The fourth-order valence-corrected chi connectivity index (χ4v) is 4.68. The molecule has 0 saturated carbocycles. The van der Waals surface area contributed by atoms with Crippen molar-refractivity contribution >= 4 is 11.3 Å². The van der Waals surface area contributed by atoms with Gasteiger partial charge in [0.15, 0.2) is 0 Å². The van der Waals surface area contributed by atoms with E-state index in [1.807, 2.05) is 18.2 Å². The van der Waals surface area contributed by atoms with E-state index in [9.17, 15) is 0 Å². The summed E-state index contributed by atoms with van der Waals surface area (Å²) in [4.78, 5) is 9.61. The van der Waals surface area contributed by atoms with Gasteiger partial charge in [0, 0.05) is 28.4 Å². The Balaban J connectivity index is 1.81. The number of aromatic nitrogens is 2. The van der Waals surface area contributed by atoms with Crippen molar-refractivity contribution in [1.82, 2.24) is 9.97 Å². The van der Waals surface area contributed by atoms with Gasteiger partial charge in [-0.2, -0.15) is 0 Å². The molecule has 3 aromatic rings. The van der Waals surface area contributed by atoms with Gasteiger partial charge in [-0.15, -0.1) is 11.3 Å². The van der Waals surface area contributed by atoms with Crippen molar-refractivity contribution in [1.29, 1.82) is 0 Å². The third kappa shape index (κ3) is 2.95. The zero-order chi connectivity index (χ0) is 17.4. The van der Waals surface area contributed by atoms with Crippen LogP contribution in [0.4, 0.5) is 0 Å². The molecule has 1 aromatic carbocycles. The summed E-state index contributed by atoms with van der Waals surface area (Å²) in [5.41, 5.74) is 7.29. The molecule has 3 nitrogen and oxygen atoms in total. The van der Waals surface area contributed by atoms with Crippen LogP contribution in [0, 0.1) is 6.92 Å². The fraction of sp³-hybridized carbons (Fsp3) is 0.333. The van der Waals surface area contributed by atoms with Crippen LogP contribution in [0.5, 0.6) is 5.75 Å². The van der Waals surface area contributed by atoms with Crippen LogP contribution >= 0.6 is 11.3 Å². The van der Waals surface area contributed by atoms with Crippen LogP contribution in [0.1, 0.15) is 42.5 Å². The maximum atomic E-state index is 5.34. The smallest absolute Gasteiger partial charge is 0.126 e. The van der Waals surface area contributed by atoms with Gasteiger partial charge in [-0.25, -0.2) is 4.98 Å². The monoisotopic (exact) mass is 350 g/mol. The number of rotatable bonds is 3. The van der Waals surface area contributed by atoms with Gasteiger partial charge in [0.2, 0.25) is 0 Å². The number of thiazole rings is 1. The predicted molar refractivity (Wildman–Crippen MR) is 103 cm³/mol. The molecule has 0 aliphatic heterocycles. The van der Waals surface area contributed by atoms with Crippen LogP contribution in [0.3, 0.4) is 0 Å². The van der Waals surface area contributed by atoms with E-state index in [0.717, 1.165) is 34.1 Å². The van der Waals surface area contributed by atoms with E-state index in [0.29, 0.717) is 5.92 Å². The van der Waals surface area contributed by atoms with Gasteiger partial charge in [-0.05, 0) is 55.4 Å². The van der Waals surface area contributed by atoms with Gasteiger partial charge >= 0.3 is 0 Å². The Morgan fingerprint density at radius 3 is 3.00 bits per heavy atom. The Bertz CT molecular complexity index is 916. The molecule has 0 saturated heterocycles. The van der Waals surface area contributed by atoms with Gasteiger partial charge in [0.05, 0.1) is 12.8 Å². The van der Waals surface area contributed by atoms with Crippen LogP contribution in [-0.2, 0) is 6.42 Å². The molecule has 1 atom stereocenters.